The van der Waals surface area contributed by atoms with Gasteiger partial charge in [-0.1, -0.05) is 97.7 Å². The molecule has 1 aliphatic rings. The summed E-state index contributed by atoms with van der Waals surface area (Å²) >= 11 is 0. The number of amides is 5. The molecule has 11 unspecified atom stereocenters. The predicted molar refractivity (Wildman–Crippen MR) is 232 cm³/mol. The van der Waals surface area contributed by atoms with Crippen molar-refractivity contribution in [2.75, 3.05) is 27.7 Å². The van der Waals surface area contributed by atoms with Gasteiger partial charge in [0.1, 0.15) is 30.3 Å². The standard InChI is InChI=1S/C46H73N5O10/c1-14-20-29(6)39-31(8)36(52)24-23-30(7)45(58)61-40(28(5)16-3)41(54)47-32(9)42(55)51(13)35(25-34-21-18-17-19-22-34)43(56)49(11)26-37(53)48-38(27(4)15-2)44(57)50(12)33(10)46(59)60-39/h17-19,21-23,27-29,31-33,35-36,38-40,52H,14-16,20,24-26H2,1-13H3,(H,47,54)(H,48,53). The van der Waals surface area contributed by atoms with E-state index in [-0.39, 0.29) is 30.3 Å². The lowest BCUT2D eigenvalue weighted by molar-refractivity contribution is -0.166. The second kappa shape index (κ2) is 24.6. The maximum absolute atomic E-state index is 14.2. The van der Waals surface area contributed by atoms with Crippen LogP contribution in [0.3, 0.4) is 0 Å². The molecular formula is C46H73N5O10. The molecule has 11 atom stereocenters. The molecule has 0 saturated carbocycles. The molecule has 61 heavy (non-hydrogen) atoms. The van der Waals surface area contributed by atoms with Crippen LogP contribution in [0.4, 0.5) is 0 Å². The summed E-state index contributed by atoms with van der Waals surface area (Å²) < 4.78 is 11.8. The quantitative estimate of drug-likeness (QED) is 0.306. The van der Waals surface area contributed by atoms with Gasteiger partial charge in [-0.05, 0) is 57.4 Å². The van der Waals surface area contributed by atoms with Crippen LogP contribution < -0.4 is 10.6 Å². The monoisotopic (exact) mass is 856 g/mol. The van der Waals surface area contributed by atoms with Gasteiger partial charge in [-0.2, -0.15) is 0 Å². The first kappa shape index (κ1) is 52.3. The molecule has 342 valence electrons. The summed E-state index contributed by atoms with van der Waals surface area (Å²) in [6.45, 7) is 17.0. The fourth-order valence-corrected chi connectivity index (χ4v) is 7.32. The molecule has 0 aliphatic carbocycles. The normalized spacial score (nSPS) is 28.3. The fraction of sp³-hybridized carbons (Fsp3) is 0.674. The minimum Gasteiger partial charge on any atom is -0.460 e. The highest BCUT2D eigenvalue weighted by Crippen LogP contribution is 2.27. The Kier molecular flexibility index (Phi) is 21.1. The number of carbonyl (C=O) groups is 7. The van der Waals surface area contributed by atoms with Gasteiger partial charge in [-0.25, -0.2) is 9.59 Å². The summed E-state index contributed by atoms with van der Waals surface area (Å²) in [5.41, 5.74) is 0.893. The number of likely N-dealkylation sites (N-methyl/N-ethyl adjacent to an activating group) is 3. The van der Waals surface area contributed by atoms with Gasteiger partial charge < -0.3 is 39.9 Å². The number of aliphatic hydroxyl groups excluding tert-OH is 1. The van der Waals surface area contributed by atoms with E-state index in [2.05, 4.69) is 10.6 Å². The van der Waals surface area contributed by atoms with Crippen molar-refractivity contribution in [2.24, 2.45) is 23.7 Å². The van der Waals surface area contributed by atoms with E-state index in [0.29, 0.717) is 19.3 Å². The zero-order valence-electron chi connectivity index (χ0n) is 38.7. The van der Waals surface area contributed by atoms with Crippen LogP contribution in [0.15, 0.2) is 42.0 Å². The zero-order valence-corrected chi connectivity index (χ0v) is 38.7. The van der Waals surface area contributed by atoms with E-state index in [1.807, 2.05) is 45.9 Å². The van der Waals surface area contributed by atoms with E-state index < -0.39 is 102 Å². The van der Waals surface area contributed by atoms with E-state index >= 15 is 0 Å². The molecule has 15 heteroatoms. The third-order valence-corrected chi connectivity index (χ3v) is 12.2. The molecule has 0 spiro atoms. The van der Waals surface area contributed by atoms with Crippen LogP contribution in [0.2, 0.25) is 0 Å². The predicted octanol–water partition coefficient (Wildman–Crippen LogP) is 4.05. The number of rotatable bonds is 9. The lowest BCUT2D eigenvalue weighted by Crippen LogP contribution is -2.58. The Morgan fingerprint density at radius 1 is 0.787 bits per heavy atom. The van der Waals surface area contributed by atoms with Gasteiger partial charge in [0.25, 0.3) is 5.91 Å². The molecule has 0 radical (unpaired) electrons. The minimum atomic E-state index is -1.26. The number of carbonyl (C=O) groups excluding carboxylic acids is 7. The Balaban J connectivity index is 2.67. The SMILES string of the molecule is CCCC(C)C1OC(=O)C(C)N(C)C(=O)C(C(C)CC)NC(=O)CN(C)C(=O)C(Cc2ccccc2)N(C)C(=O)C(C)NC(=O)C(C(C)CC)OC(=O)C(C)=CCC(O)C1C. The lowest BCUT2D eigenvalue weighted by atomic mass is 9.85. The Hall–Kier alpha value is -4.79. The molecule has 3 N–H and O–H groups in total. The Bertz CT molecular complexity index is 1690. The maximum atomic E-state index is 14.2. The van der Waals surface area contributed by atoms with Crippen LogP contribution in [0, 0.1) is 23.7 Å². The molecule has 1 aromatic rings. The van der Waals surface area contributed by atoms with Gasteiger partial charge in [-0.3, -0.25) is 24.0 Å². The lowest BCUT2D eigenvalue weighted by Gasteiger charge is -2.35. The highest BCUT2D eigenvalue weighted by Gasteiger charge is 2.39. The topological polar surface area (TPSA) is 192 Å². The van der Waals surface area contributed by atoms with Crippen LogP contribution in [0.1, 0.15) is 107 Å². The van der Waals surface area contributed by atoms with Crippen molar-refractivity contribution in [3.8, 4) is 0 Å². The van der Waals surface area contributed by atoms with E-state index in [1.165, 1.54) is 62.7 Å². The van der Waals surface area contributed by atoms with E-state index in [9.17, 15) is 38.7 Å². The third-order valence-electron chi connectivity index (χ3n) is 12.2. The van der Waals surface area contributed by atoms with Crippen LogP contribution in [-0.4, -0.2) is 131 Å². The second-order valence-corrected chi connectivity index (χ2v) is 17.1. The van der Waals surface area contributed by atoms with E-state index in [0.717, 1.165) is 12.0 Å². The number of benzene rings is 1. The molecule has 15 nitrogen and oxygen atoms in total. The first-order valence-corrected chi connectivity index (χ1v) is 21.8. The summed E-state index contributed by atoms with van der Waals surface area (Å²) in [6, 6.07) is 4.67. The van der Waals surface area contributed by atoms with Crippen LogP contribution in [0.5, 0.6) is 0 Å². The number of hydrogen-bond acceptors (Lipinski definition) is 10. The third kappa shape index (κ3) is 14.7. The van der Waals surface area contributed by atoms with Crippen molar-refractivity contribution in [1.29, 1.82) is 0 Å². The zero-order chi connectivity index (χ0) is 46.3. The number of cyclic esters (lactones) is 2. The first-order valence-electron chi connectivity index (χ1n) is 21.8. The van der Waals surface area contributed by atoms with Crippen LogP contribution in [0.25, 0.3) is 0 Å². The van der Waals surface area contributed by atoms with Crippen LogP contribution in [-0.2, 0) is 49.5 Å². The van der Waals surface area contributed by atoms with Gasteiger partial charge in [0.05, 0.1) is 12.6 Å². The number of nitrogens with one attached hydrogen (secondary N) is 2. The summed E-state index contributed by atoms with van der Waals surface area (Å²) in [5.74, 6) is -6.03. The minimum absolute atomic E-state index is 0.00927. The molecule has 5 amide bonds. The summed E-state index contributed by atoms with van der Waals surface area (Å²) in [4.78, 5) is 101. The number of ether oxygens (including phenoxy) is 2. The first-order chi connectivity index (χ1) is 28.6. The molecule has 0 aromatic heterocycles. The summed E-state index contributed by atoms with van der Waals surface area (Å²) in [6.07, 6.45) is 1.00. The second-order valence-electron chi connectivity index (χ2n) is 17.1. The highest BCUT2D eigenvalue weighted by atomic mass is 16.6. The molecule has 1 aliphatic heterocycles. The molecule has 2 rings (SSSR count). The highest BCUT2D eigenvalue weighted by molar-refractivity contribution is 5.96. The molecule has 1 aromatic carbocycles. The Morgan fingerprint density at radius 2 is 1.39 bits per heavy atom. The molecule has 0 saturated heterocycles. The number of hydrogen-bond donors (Lipinski definition) is 3. The van der Waals surface area contributed by atoms with Gasteiger partial charge >= 0.3 is 11.9 Å². The average molecular weight is 856 g/mol. The van der Waals surface area contributed by atoms with Crippen molar-refractivity contribution in [3.05, 3.63) is 47.5 Å². The van der Waals surface area contributed by atoms with Crippen molar-refractivity contribution in [2.45, 2.75) is 150 Å². The van der Waals surface area contributed by atoms with Crippen molar-refractivity contribution in [1.82, 2.24) is 25.3 Å². The van der Waals surface area contributed by atoms with Crippen LogP contribution >= 0.6 is 0 Å². The Labute approximate surface area is 363 Å². The molecular weight excluding hydrogens is 783 g/mol. The van der Waals surface area contributed by atoms with Crippen molar-refractivity contribution >= 4 is 41.5 Å². The molecule has 1 heterocycles. The fourth-order valence-electron chi connectivity index (χ4n) is 7.32. The maximum Gasteiger partial charge on any atom is 0.334 e. The number of esters is 2. The molecule has 0 fully saturated rings. The largest absolute Gasteiger partial charge is 0.460 e. The molecule has 0 bridgehead atoms. The summed E-state index contributed by atoms with van der Waals surface area (Å²) in [5, 5.41) is 16.9. The van der Waals surface area contributed by atoms with E-state index in [4.69, 9.17) is 9.47 Å². The van der Waals surface area contributed by atoms with Gasteiger partial charge in [-0.15, -0.1) is 0 Å². The summed E-state index contributed by atoms with van der Waals surface area (Å²) in [7, 11) is 4.34. The number of nitrogens with zero attached hydrogens (tertiary/aromatic N) is 3. The Morgan fingerprint density at radius 3 is 1.97 bits per heavy atom. The van der Waals surface area contributed by atoms with Crippen molar-refractivity contribution < 1.29 is 48.1 Å². The average Bonchev–Trinajstić information content (AvgIpc) is 3.24. The number of aliphatic hydroxyl groups is 1. The van der Waals surface area contributed by atoms with Gasteiger partial charge in [0, 0.05) is 45.0 Å². The van der Waals surface area contributed by atoms with Gasteiger partial charge in [0.15, 0.2) is 6.10 Å². The van der Waals surface area contributed by atoms with E-state index in [1.54, 1.807) is 32.9 Å². The van der Waals surface area contributed by atoms with Gasteiger partial charge in [0.2, 0.25) is 23.6 Å². The van der Waals surface area contributed by atoms with Crippen molar-refractivity contribution in [3.63, 3.8) is 0 Å². The smallest absolute Gasteiger partial charge is 0.334 e.